The summed E-state index contributed by atoms with van der Waals surface area (Å²) in [6.07, 6.45) is 6.55. The molecule has 5 heteroatoms. The van der Waals surface area contributed by atoms with Crippen LogP contribution in [0.4, 0.5) is 4.39 Å². The third-order valence-corrected chi connectivity index (χ3v) is 7.02. The minimum absolute atomic E-state index is 0.0655. The summed E-state index contributed by atoms with van der Waals surface area (Å²) >= 11 is 0. The Morgan fingerprint density at radius 1 is 1.09 bits per heavy atom. The molecule has 0 spiro atoms. The fourth-order valence-corrected chi connectivity index (χ4v) is 5.36. The molecule has 2 aromatic heterocycles. The lowest BCUT2D eigenvalue weighted by Gasteiger charge is -2.28. The molecule has 2 atom stereocenters. The maximum Gasteiger partial charge on any atom is 0.171 e. The number of nitrogens with one attached hydrogen (secondary N) is 1. The molecule has 0 unspecified atom stereocenters. The molecular weight excluding hydrogens is 403 g/mol. The first-order chi connectivity index (χ1) is 15.6. The van der Waals surface area contributed by atoms with Gasteiger partial charge in [0.25, 0.3) is 0 Å². The summed E-state index contributed by atoms with van der Waals surface area (Å²) in [7, 11) is 0. The van der Waals surface area contributed by atoms with Crippen molar-refractivity contribution in [2.75, 3.05) is 6.61 Å². The van der Waals surface area contributed by atoms with Gasteiger partial charge in [-0.25, -0.2) is 4.39 Å². The number of hydrogen-bond donors (Lipinski definition) is 1. The lowest BCUT2D eigenvalue weighted by Crippen LogP contribution is -2.29. The number of rotatable bonds is 4. The summed E-state index contributed by atoms with van der Waals surface area (Å²) < 4.78 is 26.2. The van der Waals surface area contributed by atoms with E-state index in [1.807, 2.05) is 31.2 Å². The van der Waals surface area contributed by atoms with Crippen molar-refractivity contribution in [1.29, 1.82) is 0 Å². The molecule has 2 aromatic carbocycles. The Hall–Kier alpha value is -3.08. The van der Waals surface area contributed by atoms with Crippen LogP contribution in [0.2, 0.25) is 0 Å². The predicted octanol–water partition coefficient (Wildman–Crippen LogP) is 6.28. The lowest BCUT2D eigenvalue weighted by molar-refractivity contribution is 0.0837. The van der Waals surface area contributed by atoms with Gasteiger partial charge < -0.3 is 14.5 Å². The predicted molar refractivity (Wildman–Crippen MR) is 124 cm³/mol. The Bertz CT molecular complexity index is 1310. The molecule has 1 aliphatic heterocycles. The fourth-order valence-electron chi connectivity index (χ4n) is 5.36. The first-order valence-corrected chi connectivity index (χ1v) is 11.6. The number of pyridine rings is 1. The van der Waals surface area contributed by atoms with Crippen molar-refractivity contribution in [2.45, 2.75) is 51.6 Å². The Morgan fingerprint density at radius 2 is 2.03 bits per heavy atom. The number of hydrogen-bond acceptors (Lipinski definition) is 3. The van der Waals surface area contributed by atoms with Gasteiger partial charge in [0.1, 0.15) is 18.5 Å². The first-order valence-electron chi connectivity index (χ1n) is 11.6. The smallest absolute Gasteiger partial charge is 0.171 e. The van der Waals surface area contributed by atoms with E-state index in [9.17, 15) is 4.39 Å². The van der Waals surface area contributed by atoms with Crippen LogP contribution in [-0.2, 0) is 12.8 Å². The second-order valence-corrected chi connectivity index (χ2v) is 9.27. The fraction of sp³-hybridized carbons (Fsp3) is 0.370. The van der Waals surface area contributed by atoms with Crippen LogP contribution in [0.15, 0.2) is 42.5 Å². The number of benzene rings is 2. The summed E-state index contributed by atoms with van der Waals surface area (Å²) in [6.45, 7) is 2.59. The summed E-state index contributed by atoms with van der Waals surface area (Å²) in [5.74, 6) is 2.11. The Balaban J connectivity index is 1.10. The Kier molecular flexibility index (Phi) is 4.78. The minimum atomic E-state index is -0.158. The van der Waals surface area contributed by atoms with Gasteiger partial charge in [0.15, 0.2) is 11.5 Å². The van der Waals surface area contributed by atoms with Crippen LogP contribution in [-0.4, -0.2) is 22.7 Å². The van der Waals surface area contributed by atoms with E-state index in [-0.39, 0.29) is 11.9 Å². The SMILES string of the molecule is Cc1ccc2c3c(ccc2n1)OC[C@H](CCC[C@@H]1CCc2[nH]c4ccc(F)cc4c2C1)O3. The number of nitrogens with zero attached hydrogens (tertiary/aromatic N) is 1. The van der Waals surface area contributed by atoms with Crippen LogP contribution < -0.4 is 9.47 Å². The topological polar surface area (TPSA) is 47.1 Å². The van der Waals surface area contributed by atoms with Crippen LogP contribution in [0.25, 0.3) is 21.8 Å². The molecule has 164 valence electrons. The van der Waals surface area contributed by atoms with E-state index in [1.165, 1.54) is 23.7 Å². The number of aryl methyl sites for hydroxylation is 2. The largest absolute Gasteiger partial charge is 0.486 e. The van der Waals surface area contributed by atoms with Gasteiger partial charge in [0.2, 0.25) is 0 Å². The van der Waals surface area contributed by atoms with Crippen LogP contribution in [0.5, 0.6) is 11.5 Å². The molecule has 2 aliphatic rings. The highest BCUT2D eigenvalue weighted by atomic mass is 19.1. The second-order valence-electron chi connectivity index (χ2n) is 9.27. The number of halogens is 1. The zero-order valence-corrected chi connectivity index (χ0v) is 18.3. The highest BCUT2D eigenvalue weighted by molar-refractivity contribution is 5.88. The molecule has 6 rings (SSSR count). The maximum absolute atomic E-state index is 13.8. The summed E-state index contributed by atoms with van der Waals surface area (Å²) in [5.41, 5.74) is 5.61. The van der Waals surface area contributed by atoms with Gasteiger partial charge in [-0.2, -0.15) is 0 Å². The zero-order valence-electron chi connectivity index (χ0n) is 18.3. The lowest BCUT2D eigenvalue weighted by atomic mass is 9.83. The Labute approximate surface area is 186 Å². The summed E-state index contributed by atoms with van der Waals surface area (Å²) in [5, 5.41) is 2.07. The van der Waals surface area contributed by atoms with Crippen molar-refractivity contribution in [3.8, 4) is 11.5 Å². The summed E-state index contributed by atoms with van der Waals surface area (Å²) in [6, 6.07) is 13.1. The normalized spacial score (nSPS) is 19.9. The molecule has 1 aliphatic carbocycles. The average Bonchev–Trinajstić information content (AvgIpc) is 3.16. The zero-order chi connectivity index (χ0) is 21.7. The first kappa shape index (κ1) is 19.6. The quantitative estimate of drug-likeness (QED) is 0.415. The van der Waals surface area contributed by atoms with Gasteiger partial charge in [-0.3, -0.25) is 4.98 Å². The molecular formula is C27H27FN2O2. The van der Waals surface area contributed by atoms with E-state index in [0.717, 1.165) is 71.1 Å². The molecule has 4 aromatic rings. The van der Waals surface area contributed by atoms with Crippen LogP contribution >= 0.6 is 0 Å². The number of aromatic amines is 1. The van der Waals surface area contributed by atoms with Gasteiger partial charge in [0, 0.05) is 27.7 Å². The monoisotopic (exact) mass is 430 g/mol. The molecule has 0 saturated carbocycles. The van der Waals surface area contributed by atoms with E-state index in [4.69, 9.17) is 9.47 Å². The minimum Gasteiger partial charge on any atom is -0.486 e. The maximum atomic E-state index is 13.8. The number of H-pyrrole nitrogens is 1. The van der Waals surface area contributed by atoms with Gasteiger partial charge in [-0.05, 0) is 99.4 Å². The van der Waals surface area contributed by atoms with Gasteiger partial charge in [-0.15, -0.1) is 0 Å². The van der Waals surface area contributed by atoms with E-state index in [2.05, 4.69) is 16.0 Å². The van der Waals surface area contributed by atoms with E-state index in [1.54, 1.807) is 6.07 Å². The molecule has 4 nitrogen and oxygen atoms in total. The molecule has 1 N–H and O–H groups in total. The molecule has 0 bridgehead atoms. The van der Waals surface area contributed by atoms with Crippen LogP contribution in [0, 0.1) is 18.7 Å². The molecule has 0 radical (unpaired) electrons. The van der Waals surface area contributed by atoms with Gasteiger partial charge >= 0.3 is 0 Å². The van der Waals surface area contributed by atoms with Crippen molar-refractivity contribution >= 4 is 21.8 Å². The number of aromatic nitrogens is 2. The van der Waals surface area contributed by atoms with Crippen molar-refractivity contribution in [2.24, 2.45) is 5.92 Å². The molecule has 0 saturated heterocycles. The van der Waals surface area contributed by atoms with Gasteiger partial charge in [0.05, 0.1) is 5.52 Å². The number of fused-ring (bicyclic) bond motifs is 6. The molecule has 32 heavy (non-hydrogen) atoms. The molecule has 0 fully saturated rings. The highest BCUT2D eigenvalue weighted by Crippen LogP contribution is 2.39. The third-order valence-electron chi connectivity index (χ3n) is 7.02. The average molecular weight is 431 g/mol. The summed E-state index contributed by atoms with van der Waals surface area (Å²) in [4.78, 5) is 8.10. The number of ether oxygens (including phenoxy) is 2. The van der Waals surface area contributed by atoms with Crippen molar-refractivity contribution in [3.63, 3.8) is 0 Å². The van der Waals surface area contributed by atoms with Crippen molar-refractivity contribution in [3.05, 3.63) is 65.2 Å². The Morgan fingerprint density at radius 3 is 2.97 bits per heavy atom. The standard InChI is InChI=1S/C27H27FN2O2/c1-16-5-8-20-23(29-16)11-12-26-27(20)32-19(15-31-26)4-2-3-17-6-9-24-21(13-17)22-14-18(28)7-10-25(22)30-24/h5,7-8,10-12,14,17,19,30H,2-4,6,9,13,15H2,1H3/t17-,19+/m1/s1. The second kappa shape index (κ2) is 7.80. The van der Waals surface area contributed by atoms with E-state index >= 15 is 0 Å². The third kappa shape index (κ3) is 3.50. The van der Waals surface area contributed by atoms with E-state index < -0.39 is 0 Å². The molecule has 0 amide bonds. The van der Waals surface area contributed by atoms with Crippen molar-refractivity contribution < 1.29 is 13.9 Å². The molecule has 3 heterocycles. The highest BCUT2D eigenvalue weighted by Gasteiger charge is 2.25. The van der Waals surface area contributed by atoms with Crippen LogP contribution in [0.1, 0.15) is 42.6 Å². The van der Waals surface area contributed by atoms with Gasteiger partial charge in [-0.1, -0.05) is 0 Å². The van der Waals surface area contributed by atoms with Crippen molar-refractivity contribution in [1.82, 2.24) is 9.97 Å². The van der Waals surface area contributed by atoms with E-state index in [0.29, 0.717) is 12.5 Å². The van der Waals surface area contributed by atoms with Crippen LogP contribution in [0.3, 0.4) is 0 Å².